The van der Waals surface area contributed by atoms with Gasteiger partial charge >= 0.3 is 0 Å². The molecule has 0 aliphatic heterocycles. The van der Waals surface area contributed by atoms with Crippen molar-refractivity contribution in [2.75, 3.05) is 6.61 Å². The third kappa shape index (κ3) is 4.41. The Bertz CT molecular complexity index is 311. The highest BCUT2D eigenvalue weighted by Gasteiger charge is 2.17. The topological polar surface area (TPSA) is 9.23 Å². The molecule has 0 bridgehead atoms. The van der Waals surface area contributed by atoms with Crippen LogP contribution in [0.4, 0.5) is 0 Å². The Kier molecular flexibility index (Phi) is 5.54. The number of hydrogen-bond donors (Lipinski definition) is 0. The van der Waals surface area contributed by atoms with Gasteiger partial charge in [0.05, 0.1) is 6.61 Å². The van der Waals surface area contributed by atoms with Gasteiger partial charge in [0.15, 0.2) is 0 Å². The highest BCUT2D eigenvalue weighted by atomic mass is 16.5. The molecule has 1 aromatic rings. The van der Waals surface area contributed by atoms with Crippen molar-refractivity contribution in [2.45, 2.75) is 47.0 Å². The van der Waals surface area contributed by atoms with Crippen molar-refractivity contribution in [3.05, 3.63) is 29.8 Å². The summed E-state index contributed by atoms with van der Waals surface area (Å²) in [6.07, 6.45) is 1.26. The maximum atomic E-state index is 5.48. The second-order valence-electron chi connectivity index (χ2n) is 5.48. The predicted octanol–water partition coefficient (Wildman–Crippen LogP) is 4.87. The van der Waals surface area contributed by atoms with E-state index in [4.69, 9.17) is 4.74 Å². The minimum Gasteiger partial charge on any atom is -0.494 e. The molecule has 17 heavy (non-hydrogen) atoms. The SMILES string of the molecule is CCOc1ccc(C(CC(C)C)C(C)C)cc1. The van der Waals surface area contributed by atoms with E-state index in [-0.39, 0.29) is 0 Å². The first-order valence-electron chi connectivity index (χ1n) is 6.77. The molecular weight excluding hydrogens is 208 g/mol. The molecule has 0 aliphatic carbocycles. The van der Waals surface area contributed by atoms with Crippen molar-refractivity contribution < 1.29 is 4.74 Å². The lowest BCUT2D eigenvalue weighted by molar-refractivity contribution is 0.339. The molecule has 0 spiro atoms. The van der Waals surface area contributed by atoms with Crippen LogP contribution in [0.15, 0.2) is 24.3 Å². The van der Waals surface area contributed by atoms with E-state index in [0.717, 1.165) is 18.3 Å². The quantitative estimate of drug-likeness (QED) is 0.682. The fourth-order valence-electron chi connectivity index (χ4n) is 2.28. The first-order valence-corrected chi connectivity index (χ1v) is 6.77. The molecule has 0 aromatic heterocycles. The van der Waals surface area contributed by atoms with E-state index in [0.29, 0.717) is 11.8 Å². The van der Waals surface area contributed by atoms with Gasteiger partial charge in [0.2, 0.25) is 0 Å². The Balaban J connectivity index is 2.80. The van der Waals surface area contributed by atoms with Gasteiger partial charge in [-0.25, -0.2) is 0 Å². The highest BCUT2D eigenvalue weighted by Crippen LogP contribution is 2.31. The fraction of sp³-hybridized carbons (Fsp3) is 0.625. The average molecular weight is 234 g/mol. The van der Waals surface area contributed by atoms with Crippen molar-refractivity contribution in [3.63, 3.8) is 0 Å². The first-order chi connectivity index (χ1) is 8.04. The molecule has 0 fully saturated rings. The molecule has 0 saturated heterocycles. The van der Waals surface area contributed by atoms with Gasteiger partial charge in [-0.3, -0.25) is 0 Å². The van der Waals surface area contributed by atoms with Crippen LogP contribution in [0.2, 0.25) is 0 Å². The van der Waals surface area contributed by atoms with Crippen LogP contribution in [0.3, 0.4) is 0 Å². The van der Waals surface area contributed by atoms with Crippen molar-refractivity contribution in [1.29, 1.82) is 0 Å². The Hall–Kier alpha value is -0.980. The summed E-state index contributed by atoms with van der Waals surface area (Å²) in [4.78, 5) is 0. The Labute approximate surface area is 106 Å². The van der Waals surface area contributed by atoms with E-state index >= 15 is 0 Å². The van der Waals surface area contributed by atoms with E-state index in [9.17, 15) is 0 Å². The zero-order chi connectivity index (χ0) is 12.8. The number of benzene rings is 1. The van der Waals surface area contributed by atoms with Gasteiger partial charge in [-0.15, -0.1) is 0 Å². The summed E-state index contributed by atoms with van der Waals surface area (Å²) in [7, 11) is 0. The first kappa shape index (κ1) is 14.1. The third-order valence-electron chi connectivity index (χ3n) is 3.15. The lowest BCUT2D eigenvalue weighted by atomic mass is 9.82. The molecule has 1 heteroatoms. The van der Waals surface area contributed by atoms with Gasteiger partial charge in [-0.2, -0.15) is 0 Å². The summed E-state index contributed by atoms with van der Waals surface area (Å²) in [5.74, 6) is 3.07. The smallest absolute Gasteiger partial charge is 0.119 e. The van der Waals surface area contributed by atoms with E-state index < -0.39 is 0 Å². The molecule has 0 saturated carbocycles. The van der Waals surface area contributed by atoms with Crippen LogP contribution in [0.25, 0.3) is 0 Å². The fourth-order valence-corrected chi connectivity index (χ4v) is 2.28. The van der Waals surface area contributed by atoms with Gasteiger partial charge in [0.25, 0.3) is 0 Å². The Morgan fingerprint density at radius 2 is 1.59 bits per heavy atom. The lowest BCUT2D eigenvalue weighted by Gasteiger charge is -2.23. The van der Waals surface area contributed by atoms with E-state index in [1.807, 2.05) is 6.92 Å². The minimum absolute atomic E-state index is 0.658. The van der Waals surface area contributed by atoms with Crippen molar-refractivity contribution in [3.8, 4) is 5.75 Å². The molecule has 0 aliphatic rings. The monoisotopic (exact) mass is 234 g/mol. The molecule has 0 N–H and O–H groups in total. The van der Waals surface area contributed by atoms with Crippen LogP contribution in [-0.2, 0) is 0 Å². The van der Waals surface area contributed by atoms with Crippen LogP contribution in [0, 0.1) is 11.8 Å². The molecule has 0 amide bonds. The number of rotatable bonds is 6. The van der Waals surface area contributed by atoms with E-state index in [1.165, 1.54) is 12.0 Å². The maximum Gasteiger partial charge on any atom is 0.119 e. The molecule has 1 aromatic carbocycles. The molecular formula is C16H26O. The molecule has 0 radical (unpaired) electrons. The predicted molar refractivity (Wildman–Crippen MR) is 74.6 cm³/mol. The number of ether oxygens (including phenoxy) is 1. The second kappa shape index (κ2) is 6.68. The summed E-state index contributed by atoms with van der Waals surface area (Å²) in [6.45, 7) is 12.0. The summed E-state index contributed by atoms with van der Waals surface area (Å²) in [6, 6.07) is 8.62. The minimum atomic E-state index is 0.658. The van der Waals surface area contributed by atoms with Crippen molar-refractivity contribution in [2.24, 2.45) is 11.8 Å². The van der Waals surface area contributed by atoms with Gasteiger partial charge in [-0.1, -0.05) is 39.8 Å². The lowest BCUT2D eigenvalue weighted by Crippen LogP contribution is -2.09. The summed E-state index contributed by atoms with van der Waals surface area (Å²) in [5.41, 5.74) is 1.44. The molecule has 1 rings (SSSR count). The largest absolute Gasteiger partial charge is 0.494 e. The molecule has 1 atom stereocenters. The van der Waals surface area contributed by atoms with Crippen LogP contribution in [0.1, 0.15) is 52.5 Å². The Morgan fingerprint density at radius 3 is 2.00 bits per heavy atom. The van der Waals surface area contributed by atoms with Gasteiger partial charge in [-0.05, 0) is 48.8 Å². The number of hydrogen-bond acceptors (Lipinski definition) is 1. The van der Waals surface area contributed by atoms with Crippen molar-refractivity contribution >= 4 is 0 Å². The van der Waals surface area contributed by atoms with Crippen LogP contribution >= 0.6 is 0 Å². The molecule has 0 heterocycles. The zero-order valence-electron chi connectivity index (χ0n) is 11.9. The molecule has 1 nitrogen and oxygen atoms in total. The van der Waals surface area contributed by atoms with Gasteiger partial charge in [0, 0.05) is 0 Å². The van der Waals surface area contributed by atoms with Crippen LogP contribution < -0.4 is 4.74 Å². The van der Waals surface area contributed by atoms with E-state index in [1.54, 1.807) is 0 Å². The van der Waals surface area contributed by atoms with Crippen LogP contribution in [0.5, 0.6) is 5.75 Å². The summed E-state index contributed by atoms with van der Waals surface area (Å²) >= 11 is 0. The average Bonchev–Trinajstić information content (AvgIpc) is 2.27. The standard InChI is InChI=1S/C16H26O/c1-6-17-15-9-7-14(8-10-15)16(13(4)5)11-12(2)3/h7-10,12-13,16H,6,11H2,1-5H3. The summed E-state index contributed by atoms with van der Waals surface area (Å²) < 4.78 is 5.48. The highest BCUT2D eigenvalue weighted by molar-refractivity contribution is 5.29. The second-order valence-corrected chi connectivity index (χ2v) is 5.48. The maximum absolute atomic E-state index is 5.48. The summed E-state index contributed by atoms with van der Waals surface area (Å²) in [5, 5.41) is 0. The van der Waals surface area contributed by atoms with E-state index in [2.05, 4.69) is 52.0 Å². The zero-order valence-corrected chi connectivity index (χ0v) is 11.9. The van der Waals surface area contributed by atoms with Gasteiger partial charge < -0.3 is 4.74 Å². The third-order valence-corrected chi connectivity index (χ3v) is 3.15. The van der Waals surface area contributed by atoms with Crippen LogP contribution in [-0.4, -0.2) is 6.61 Å². The molecule has 96 valence electrons. The van der Waals surface area contributed by atoms with Gasteiger partial charge in [0.1, 0.15) is 5.75 Å². The van der Waals surface area contributed by atoms with Crippen molar-refractivity contribution in [1.82, 2.24) is 0 Å². The normalized spacial score (nSPS) is 13.1. The molecule has 1 unspecified atom stereocenters. The Morgan fingerprint density at radius 1 is 1.00 bits per heavy atom.